The van der Waals surface area contributed by atoms with Crippen LogP contribution in [0, 0.1) is 10.8 Å². The Morgan fingerprint density at radius 3 is 2.22 bits per heavy atom. The van der Waals surface area contributed by atoms with Gasteiger partial charge in [0.15, 0.2) is 0 Å². The van der Waals surface area contributed by atoms with Gasteiger partial charge in [0.1, 0.15) is 0 Å². The minimum absolute atomic E-state index is 0.112. The number of carboxylic acids is 1. The maximum absolute atomic E-state index is 12.3. The third kappa shape index (κ3) is 2.71. The molecule has 0 saturated heterocycles. The third-order valence-corrected chi connectivity index (χ3v) is 5.64. The molecule has 124 valence electrons. The Kier molecular flexibility index (Phi) is 3.86. The lowest BCUT2D eigenvalue weighted by atomic mass is 9.35. The molecule has 1 aromatic rings. The summed E-state index contributed by atoms with van der Waals surface area (Å²) in [6.07, 6.45) is 1.24. The Labute approximate surface area is 136 Å². The van der Waals surface area contributed by atoms with Crippen LogP contribution in [0.1, 0.15) is 37.8 Å². The lowest BCUT2D eigenvalue weighted by Gasteiger charge is -2.66. The summed E-state index contributed by atoms with van der Waals surface area (Å²) in [7, 11) is 0. The molecular formula is C16H17F2NO3S. The first-order chi connectivity index (χ1) is 10.8. The number of amides is 1. The van der Waals surface area contributed by atoms with E-state index >= 15 is 0 Å². The quantitative estimate of drug-likeness (QED) is 0.778. The fourth-order valence-corrected chi connectivity index (χ4v) is 4.13. The van der Waals surface area contributed by atoms with E-state index in [-0.39, 0.29) is 11.9 Å². The number of nitrogens with one attached hydrogen (secondary N) is 1. The van der Waals surface area contributed by atoms with Gasteiger partial charge in [0, 0.05) is 4.90 Å². The zero-order valence-electron chi connectivity index (χ0n) is 12.5. The van der Waals surface area contributed by atoms with Gasteiger partial charge in [0.25, 0.3) is 5.76 Å². The minimum Gasteiger partial charge on any atom is -0.481 e. The van der Waals surface area contributed by atoms with Crippen molar-refractivity contribution in [2.24, 2.45) is 10.8 Å². The molecule has 4 nitrogen and oxygen atoms in total. The van der Waals surface area contributed by atoms with Crippen molar-refractivity contribution in [2.75, 3.05) is 0 Å². The highest BCUT2D eigenvalue weighted by atomic mass is 32.2. The predicted octanol–water partition coefficient (Wildman–Crippen LogP) is 3.43. The normalized spacial score (nSPS) is 29.4. The van der Waals surface area contributed by atoms with Crippen molar-refractivity contribution < 1.29 is 23.5 Å². The van der Waals surface area contributed by atoms with Gasteiger partial charge in [0.05, 0.1) is 16.9 Å². The Morgan fingerprint density at radius 2 is 1.74 bits per heavy atom. The number of halogens is 2. The predicted molar refractivity (Wildman–Crippen MR) is 81.2 cm³/mol. The second-order valence-corrected chi connectivity index (χ2v) is 7.60. The van der Waals surface area contributed by atoms with E-state index in [1.54, 1.807) is 24.3 Å². The minimum atomic E-state index is -2.45. The number of carbonyl (C=O) groups is 2. The number of aliphatic carboxylic acids is 1. The lowest BCUT2D eigenvalue weighted by molar-refractivity contribution is -0.220. The van der Waals surface area contributed by atoms with Crippen molar-refractivity contribution in [3.63, 3.8) is 0 Å². The highest BCUT2D eigenvalue weighted by Gasteiger charge is 2.75. The van der Waals surface area contributed by atoms with Crippen LogP contribution in [0.15, 0.2) is 29.2 Å². The van der Waals surface area contributed by atoms with E-state index < -0.39 is 22.6 Å². The summed E-state index contributed by atoms with van der Waals surface area (Å²) in [4.78, 5) is 23.9. The molecule has 4 rings (SSSR count). The molecule has 3 aliphatic carbocycles. The van der Waals surface area contributed by atoms with Crippen molar-refractivity contribution in [1.82, 2.24) is 5.32 Å². The van der Waals surface area contributed by atoms with E-state index in [0.29, 0.717) is 35.9 Å². The van der Waals surface area contributed by atoms with Crippen LogP contribution >= 0.6 is 11.8 Å². The Balaban J connectivity index is 1.57. The molecule has 0 aromatic heterocycles. The zero-order chi connectivity index (χ0) is 16.8. The number of carbonyl (C=O) groups excluding carboxylic acids is 1. The summed E-state index contributed by atoms with van der Waals surface area (Å²) >= 11 is 0.482. The van der Waals surface area contributed by atoms with Gasteiger partial charge in [-0.3, -0.25) is 9.59 Å². The average Bonchev–Trinajstić information content (AvgIpc) is 2.34. The SMILES string of the molecule is CC(NC(=O)C12CC(C(=O)O)(C1)C2)c1ccc(SC(F)F)cc1. The van der Waals surface area contributed by atoms with Gasteiger partial charge < -0.3 is 10.4 Å². The molecule has 0 aliphatic heterocycles. The van der Waals surface area contributed by atoms with Crippen LogP contribution in [0.25, 0.3) is 0 Å². The number of hydrogen-bond donors (Lipinski definition) is 2. The Hall–Kier alpha value is -1.63. The van der Waals surface area contributed by atoms with Crippen molar-refractivity contribution in [1.29, 1.82) is 0 Å². The van der Waals surface area contributed by atoms with Gasteiger partial charge >= 0.3 is 5.97 Å². The van der Waals surface area contributed by atoms with E-state index in [1.165, 1.54) is 0 Å². The topological polar surface area (TPSA) is 66.4 Å². The molecular weight excluding hydrogens is 324 g/mol. The lowest BCUT2D eigenvalue weighted by Crippen LogP contribution is -2.70. The first-order valence-electron chi connectivity index (χ1n) is 7.36. The molecule has 2 bridgehead atoms. The maximum atomic E-state index is 12.3. The van der Waals surface area contributed by atoms with E-state index in [2.05, 4.69) is 5.32 Å². The average molecular weight is 341 g/mol. The van der Waals surface area contributed by atoms with Crippen LogP contribution in [0.5, 0.6) is 0 Å². The molecule has 3 saturated carbocycles. The maximum Gasteiger partial charge on any atom is 0.309 e. The summed E-state index contributed by atoms with van der Waals surface area (Å²) < 4.78 is 24.6. The number of thioether (sulfide) groups is 1. The van der Waals surface area contributed by atoms with Crippen molar-refractivity contribution >= 4 is 23.6 Å². The van der Waals surface area contributed by atoms with Crippen LogP contribution in [0.3, 0.4) is 0 Å². The highest BCUT2D eigenvalue weighted by molar-refractivity contribution is 7.99. The Bertz CT molecular complexity index is 627. The summed E-state index contributed by atoms with van der Waals surface area (Å²) in [6.45, 7) is 1.82. The van der Waals surface area contributed by atoms with Crippen molar-refractivity contribution in [2.45, 2.75) is 42.9 Å². The largest absolute Gasteiger partial charge is 0.481 e. The molecule has 1 unspecified atom stereocenters. The number of hydrogen-bond acceptors (Lipinski definition) is 3. The van der Waals surface area contributed by atoms with Crippen LogP contribution < -0.4 is 5.32 Å². The first-order valence-corrected chi connectivity index (χ1v) is 8.24. The molecule has 3 fully saturated rings. The molecule has 0 spiro atoms. The number of carboxylic acid groups (broad SMARTS) is 1. The van der Waals surface area contributed by atoms with E-state index in [1.807, 2.05) is 6.92 Å². The second-order valence-electron chi connectivity index (χ2n) is 6.54. The Morgan fingerprint density at radius 1 is 1.17 bits per heavy atom. The summed E-state index contributed by atoms with van der Waals surface area (Å²) in [5.74, 6) is -3.38. The molecule has 1 amide bonds. The van der Waals surface area contributed by atoms with Crippen LogP contribution in [0.4, 0.5) is 8.78 Å². The fourth-order valence-electron chi connectivity index (χ4n) is 3.63. The highest BCUT2D eigenvalue weighted by Crippen LogP contribution is 2.73. The molecule has 0 heterocycles. The van der Waals surface area contributed by atoms with Crippen molar-refractivity contribution in [3.8, 4) is 0 Å². The summed E-state index contributed by atoms with van der Waals surface area (Å²) in [5, 5.41) is 12.0. The molecule has 2 N–H and O–H groups in total. The van der Waals surface area contributed by atoms with Gasteiger partial charge in [0.2, 0.25) is 5.91 Å². The van der Waals surface area contributed by atoms with Gasteiger partial charge in [-0.05, 0) is 43.9 Å². The zero-order valence-corrected chi connectivity index (χ0v) is 13.3. The molecule has 1 aromatic carbocycles. The summed E-state index contributed by atoms with van der Waals surface area (Å²) in [5.41, 5.74) is -0.358. The third-order valence-electron chi connectivity index (χ3n) is 4.92. The van der Waals surface area contributed by atoms with Crippen molar-refractivity contribution in [3.05, 3.63) is 29.8 Å². The standard InChI is InChI=1S/C16H17F2NO3S/c1-9(10-2-4-11(5-3-10)23-14(17)18)19-12(20)15-6-16(7-15,8-15)13(21)22/h2-5,9,14H,6-8H2,1H3,(H,19,20)(H,21,22). The molecule has 0 radical (unpaired) electrons. The molecule has 1 atom stereocenters. The van der Waals surface area contributed by atoms with Gasteiger partial charge in [-0.15, -0.1) is 0 Å². The number of alkyl halides is 2. The molecule has 7 heteroatoms. The summed E-state index contributed by atoms with van der Waals surface area (Å²) in [6, 6.07) is 6.40. The fraction of sp³-hybridized carbons (Fsp3) is 0.500. The van der Waals surface area contributed by atoms with Crippen LogP contribution in [-0.2, 0) is 9.59 Å². The number of rotatable bonds is 6. The van der Waals surface area contributed by atoms with Crippen LogP contribution in [-0.4, -0.2) is 22.7 Å². The second kappa shape index (κ2) is 5.47. The van der Waals surface area contributed by atoms with Gasteiger partial charge in [-0.2, -0.15) is 8.78 Å². The van der Waals surface area contributed by atoms with E-state index in [9.17, 15) is 18.4 Å². The molecule has 23 heavy (non-hydrogen) atoms. The molecule has 3 aliphatic rings. The number of benzene rings is 1. The monoisotopic (exact) mass is 341 g/mol. The first kappa shape index (κ1) is 16.2. The van der Waals surface area contributed by atoms with Gasteiger partial charge in [-0.1, -0.05) is 23.9 Å². The van der Waals surface area contributed by atoms with Crippen LogP contribution in [0.2, 0.25) is 0 Å². The van der Waals surface area contributed by atoms with E-state index in [0.717, 1.165) is 5.56 Å². The van der Waals surface area contributed by atoms with Gasteiger partial charge in [-0.25, -0.2) is 0 Å². The smallest absolute Gasteiger partial charge is 0.309 e. The van der Waals surface area contributed by atoms with E-state index in [4.69, 9.17) is 5.11 Å².